The number of methoxy groups -OCH3 is 1. The lowest BCUT2D eigenvalue weighted by Crippen LogP contribution is -2.13. The van der Waals surface area contributed by atoms with E-state index in [9.17, 15) is 4.79 Å². The third kappa shape index (κ3) is 4.00. The lowest BCUT2D eigenvalue weighted by molar-refractivity contribution is 0.102. The molecule has 3 aromatic rings. The van der Waals surface area contributed by atoms with Crippen LogP contribution in [0.25, 0.3) is 0 Å². The number of nitrogens with one attached hydrogen (secondary N) is 2. The van der Waals surface area contributed by atoms with Gasteiger partial charge in [-0.15, -0.1) is 0 Å². The summed E-state index contributed by atoms with van der Waals surface area (Å²) in [4.78, 5) is 16.8. The number of aromatic nitrogens is 1. The summed E-state index contributed by atoms with van der Waals surface area (Å²) in [6.07, 6.45) is 1.63. The second kappa shape index (κ2) is 7.70. The third-order valence-electron chi connectivity index (χ3n) is 4.03. The predicted octanol–water partition coefficient (Wildman–Crippen LogP) is 4.70. The Morgan fingerprint density at radius 3 is 2.58 bits per heavy atom. The number of aryl methyl sites for hydroxylation is 2. The maximum absolute atomic E-state index is 12.4. The smallest absolute Gasteiger partial charge is 0.259 e. The SMILES string of the molecule is COc1ccccc1C(=O)Nc1ccc(Nc2cc(C)ccc2C)nc1. The van der Waals surface area contributed by atoms with Crippen molar-refractivity contribution in [3.05, 3.63) is 77.5 Å². The molecule has 0 atom stereocenters. The van der Waals surface area contributed by atoms with Crippen LogP contribution in [0.15, 0.2) is 60.8 Å². The number of benzene rings is 2. The monoisotopic (exact) mass is 347 g/mol. The number of carbonyl (C=O) groups is 1. The number of carbonyl (C=O) groups excluding carboxylic acids is 1. The summed E-state index contributed by atoms with van der Waals surface area (Å²) in [6.45, 7) is 4.10. The molecule has 132 valence electrons. The molecule has 0 fully saturated rings. The van der Waals surface area contributed by atoms with Gasteiger partial charge in [0.1, 0.15) is 11.6 Å². The number of amides is 1. The number of hydrogen-bond acceptors (Lipinski definition) is 4. The van der Waals surface area contributed by atoms with Crippen molar-refractivity contribution >= 4 is 23.1 Å². The van der Waals surface area contributed by atoms with E-state index in [1.54, 1.807) is 31.5 Å². The standard InChI is InChI=1S/C21H21N3O2/c1-14-8-9-15(2)18(12-14)24-20-11-10-16(13-22-20)23-21(25)17-6-4-5-7-19(17)26-3/h4-13H,1-3H3,(H,22,24)(H,23,25). The molecule has 0 saturated carbocycles. The fourth-order valence-electron chi connectivity index (χ4n) is 2.58. The van der Waals surface area contributed by atoms with Gasteiger partial charge in [0.25, 0.3) is 5.91 Å². The Morgan fingerprint density at radius 1 is 1.04 bits per heavy atom. The molecule has 0 aliphatic heterocycles. The van der Waals surface area contributed by atoms with E-state index < -0.39 is 0 Å². The summed E-state index contributed by atoms with van der Waals surface area (Å²) < 4.78 is 5.22. The highest BCUT2D eigenvalue weighted by Crippen LogP contribution is 2.22. The van der Waals surface area contributed by atoms with Gasteiger partial charge in [0.05, 0.1) is 24.6 Å². The van der Waals surface area contributed by atoms with Gasteiger partial charge in [-0.25, -0.2) is 4.98 Å². The van der Waals surface area contributed by atoms with Crippen LogP contribution >= 0.6 is 0 Å². The minimum atomic E-state index is -0.237. The average Bonchev–Trinajstić information content (AvgIpc) is 2.66. The van der Waals surface area contributed by atoms with Crippen molar-refractivity contribution in [3.8, 4) is 5.75 Å². The average molecular weight is 347 g/mol. The summed E-state index contributed by atoms with van der Waals surface area (Å²) >= 11 is 0. The zero-order chi connectivity index (χ0) is 18.5. The van der Waals surface area contributed by atoms with Gasteiger partial charge in [-0.2, -0.15) is 0 Å². The van der Waals surface area contributed by atoms with Gasteiger partial charge in [0.15, 0.2) is 0 Å². The second-order valence-corrected chi connectivity index (χ2v) is 6.03. The van der Waals surface area contributed by atoms with Crippen LogP contribution < -0.4 is 15.4 Å². The number of rotatable bonds is 5. The Balaban J connectivity index is 1.71. The van der Waals surface area contributed by atoms with Crippen LogP contribution in [0, 0.1) is 13.8 Å². The molecule has 0 saturated heterocycles. The second-order valence-electron chi connectivity index (χ2n) is 6.03. The minimum absolute atomic E-state index is 0.237. The van der Waals surface area contributed by atoms with Crippen LogP contribution in [-0.2, 0) is 0 Å². The lowest BCUT2D eigenvalue weighted by Gasteiger charge is -2.11. The number of para-hydroxylation sites is 1. The van der Waals surface area contributed by atoms with Crippen LogP contribution in [0.1, 0.15) is 21.5 Å². The molecule has 0 unspecified atom stereocenters. The highest BCUT2D eigenvalue weighted by atomic mass is 16.5. The molecule has 0 radical (unpaired) electrons. The van der Waals surface area contributed by atoms with E-state index in [-0.39, 0.29) is 5.91 Å². The van der Waals surface area contributed by atoms with E-state index in [2.05, 4.69) is 40.7 Å². The van der Waals surface area contributed by atoms with Gasteiger partial charge in [0.2, 0.25) is 0 Å². The highest BCUT2D eigenvalue weighted by Gasteiger charge is 2.11. The zero-order valence-corrected chi connectivity index (χ0v) is 15.0. The van der Waals surface area contributed by atoms with E-state index >= 15 is 0 Å². The Bertz CT molecular complexity index is 921. The highest BCUT2D eigenvalue weighted by molar-refractivity contribution is 6.06. The van der Waals surface area contributed by atoms with E-state index in [0.29, 0.717) is 22.8 Å². The Labute approximate surface area is 153 Å². The molecule has 5 nitrogen and oxygen atoms in total. The van der Waals surface area contributed by atoms with Gasteiger partial charge < -0.3 is 15.4 Å². The van der Waals surface area contributed by atoms with Crippen LogP contribution in [-0.4, -0.2) is 18.0 Å². The molecule has 5 heteroatoms. The summed E-state index contributed by atoms with van der Waals surface area (Å²) in [7, 11) is 1.54. The van der Waals surface area contributed by atoms with Gasteiger partial charge in [-0.05, 0) is 55.3 Å². The van der Waals surface area contributed by atoms with E-state index in [1.165, 1.54) is 5.56 Å². The van der Waals surface area contributed by atoms with Crippen molar-refractivity contribution in [2.45, 2.75) is 13.8 Å². The largest absolute Gasteiger partial charge is 0.496 e. The molecule has 1 amide bonds. The van der Waals surface area contributed by atoms with Crippen LogP contribution in [0.5, 0.6) is 5.75 Å². The number of hydrogen-bond donors (Lipinski definition) is 2. The molecule has 2 aromatic carbocycles. The number of pyridine rings is 1. The molecular weight excluding hydrogens is 326 g/mol. The maximum Gasteiger partial charge on any atom is 0.259 e. The van der Waals surface area contributed by atoms with Gasteiger partial charge in [-0.1, -0.05) is 24.3 Å². The van der Waals surface area contributed by atoms with E-state index in [4.69, 9.17) is 4.74 Å². The van der Waals surface area contributed by atoms with Crippen molar-refractivity contribution in [3.63, 3.8) is 0 Å². The fourth-order valence-corrected chi connectivity index (χ4v) is 2.58. The number of nitrogens with zero attached hydrogens (tertiary/aromatic N) is 1. The van der Waals surface area contributed by atoms with E-state index in [0.717, 1.165) is 11.3 Å². The molecule has 0 aliphatic carbocycles. The minimum Gasteiger partial charge on any atom is -0.496 e. The first-order valence-electron chi connectivity index (χ1n) is 8.31. The fraction of sp³-hybridized carbons (Fsp3) is 0.143. The van der Waals surface area contributed by atoms with Crippen molar-refractivity contribution in [1.82, 2.24) is 4.98 Å². The van der Waals surface area contributed by atoms with Crippen molar-refractivity contribution < 1.29 is 9.53 Å². The first-order valence-corrected chi connectivity index (χ1v) is 8.31. The molecular formula is C21H21N3O2. The summed E-state index contributed by atoms with van der Waals surface area (Å²) in [5, 5.41) is 6.13. The summed E-state index contributed by atoms with van der Waals surface area (Å²) in [6, 6.07) is 17.0. The van der Waals surface area contributed by atoms with E-state index in [1.807, 2.05) is 25.1 Å². The number of anilines is 3. The Kier molecular flexibility index (Phi) is 5.17. The quantitative estimate of drug-likeness (QED) is 0.702. The summed E-state index contributed by atoms with van der Waals surface area (Å²) in [5.41, 5.74) is 4.44. The Hall–Kier alpha value is -3.34. The van der Waals surface area contributed by atoms with Gasteiger partial charge >= 0.3 is 0 Å². The van der Waals surface area contributed by atoms with Crippen molar-refractivity contribution in [1.29, 1.82) is 0 Å². The van der Waals surface area contributed by atoms with Crippen LogP contribution in [0.2, 0.25) is 0 Å². The normalized spacial score (nSPS) is 10.3. The molecule has 26 heavy (non-hydrogen) atoms. The molecule has 3 rings (SSSR count). The first kappa shape index (κ1) is 17.5. The van der Waals surface area contributed by atoms with Crippen LogP contribution in [0.4, 0.5) is 17.2 Å². The lowest BCUT2D eigenvalue weighted by atomic mass is 10.1. The molecule has 0 spiro atoms. The van der Waals surface area contributed by atoms with Crippen LogP contribution in [0.3, 0.4) is 0 Å². The molecule has 1 heterocycles. The molecule has 2 N–H and O–H groups in total. The maximum atomic E-state index is 12.4. The topological polar surface area (TPSA) is 63.2 Å². The Morgan fingerprint density at radius 2 is 1.85 bits per heavy atom. The first-order chi connectivity index (χ1) is 12.6. The third-order valence-corrected chi connectivity index (χ3v) is 4.03. The zero-order valence-electron chi connectivity index (χ0n) is 15.0. The summed E-state index contributed by atoms with van der Waals surface area (Å²) in [5.74, 6) is 1.01. The molecule has 1 aromatic heterocycles. The van der Waals surface area contributed by atoms with Crippen molar-refractivity contribution in [2.24, 2.45) is 0 Å². The van der Waals surface area contributed by atoms with Gasteiger partial charge in [-0.3, -0.25) is 4.79 Å². The van der Waals surface area contributed by atoms with Crippen molar-refractivity contribution in [2.75, 3.05) is 17.7 Å². The van der Waals surface area contributed by atoms with Gasteiger partial charge in [0, 0.05) is 5.69 Å². The number of ether oxygens (including phenoxy) is 1. The molecule has 0 bridgehead atoms. The molecule has 0 aliphatic rings. The predicted molar refractivity (Wildman–Crippen MR) is 104 cm³/mol.